The molecule has 136 valence electrons. The lowest BCUT2D eigenvalue weighted by Crippen LogP contribution is -2.22. The van der Waals surface area contributed by atoms with Gasteiger partial charge in [-0.3, -0.25) is 0 Å². The van der Waals surface area contributed by atoms with Gasteiger partial charge in [0.05, 0.1) is 5.02 Å². The summed E-state index contributed by atoms with van der Waals surface area (Å²) in [5.41, 5.74) is 2.60. The molecule has 4 rings (SSSR count). The number of aromatic nitrogens is 1. The van der Waals surface area contributed by atoms with Gasteiger partial charge in [-0.25, -0.2) is 4.98 Å². The van der Waals surface area contributed by atoms with Crippen LogP contribution in [0.1, 0.15) is 12.0 Å². The number of nitrogens with one attached hydrogen (secondary N) is 1. The van der Waals surface area contributed by atoms with Crippen LogP contribution < -0.4 is 5.32 Å². The van der Waals surface area contributed by atoms with E-state index in [-0.39, 0.29) is 0 Å². The fourth-order valence-corrected chi connectivity index (χ4v) is 3.46. The molecule has 1 aliphatic rings. The number of anilines is 1. The molecule has 0 unspecified atom stereocenters. The van der Waals surface area contributed by atoms with Crippen LogP contribution >= 0.6 is 11.6 Å². The molecule has 0 radical (unpaired) electrons. The summed E-state index contributed by atoms with van der Waals surface area (Å²) in [5.74, 6) is 0.867. The highest BCUT2D eigenvalue weighted by atomic mass is 35.5. The van der Waals surface area contributed by atoms with Crippen molar-refractivity contribution in [3.05, 3.63) is 89.7 Å². The minimum atomic E-state index is 0.660. The van der Waals surface area contributed by atoms with E-state index in [2.05, 4.69) is 76.0 Å². The highest BCUT2D eigenvalue weighted by molar-refractivity contribution is 6.30. The average Bonchev–Trinajstić information content (AvgIpc) is 2.73. The van der Waals surface area contributed by atoms with Gasteiger partial charge in [0, 0.05) is 25.8 Å². The summed E-state index contributed by atoms with van der Waals surface area (Å²) in [7, 11) is 0. The molecule has 27 heavy (non-hydrogen) atoms. The first-order valence-electron chi connectivity index (χ1n) is 9.25. The maximum atomic E-state index is 5.85. The van der Waals surface area contributed by atoms with E-state index >= 15 is 0 Å². The van der Waals surface area contributed by atoms with Gasteiger partial charge in [-0.2, -0.15) is 0 Å². The third-order valence-corrected chi connectivity index (χ3v) is 4.99. The normalized spacial score (nSPS) is 13.7. The monoisotopic (exact) mass is 375 g/mol. The van der Waals surface area contributed by atoms with Crippen molar-refractivity contribution in [2.75, 3.05) is 25.0 Å². The number of benzene rings is 2. The lowest BCUT2D eigenvalue weighted by atomic mass is 9.97. The van der Waals surface area contributed by atoms with Crippen molar-refractivity contribution in [1.29, 1.82) is 0 Å². The lowest BCUT2D eigenvalue weighted by molar-refractivity contribution is 0.409. The van der Waals surface area contributed by atoms with Crippen LogP contribution in [-0.4, -0.2) is 29.5 Å². The summed E-state index contributed by atoms with van der Waals surface area (Å²) in [4.78, 5) is 6.59. The van der Waals surface area contributed by atoms with Crippen molar-refractivity contribution < 1.29 is 0 Å². The first kappa shape index (κ1) is 17.6. The molecule has 0 aliphatic carbocycles. The van der Waals surface area contributed by atoms with Crippen LogP contribution in [0.25, 0.3) is 16.3 Å². The minimum Gasteiger partial charge on any atom is -0.374 e. The highest BCUT2D eigenvalue weighted by Gasteiger charge is 2.09. The predicted octanol–water partition coefficient (Wildman–Crippen LogP) is 5.60. The predicted molar refractivity (Wildman–Crippen MR) is 115 cm³/mol. The molecule has 0 fully saturated rings. The zero-order chi connectivity index (χ0) is 18.5. The van der Waals surface area contributed by atoms with Gasteiger partial charge in [-0.05, 0) is 52.7 Å². The van der Waals surface area contributed by atoms with Crippen molar-refractivity contribution in [2.45, 2.75) is 6.42 Å². The molecule has 1 aromatic heterocycles. The Kier molecular flexibility index (Phi) is 5.40. The number of hydrogen-bond acceptors (Lipinski definition) is 3. The van der Waals surface area contributed by atoms with Crippen LogP contribution in [0.5, 0.6) is 0 Å². The maximum absolute atomic E-state index is 5.85. The van der Waals surface area contributed by atoms with Gasteiger partial charge in [0.2, 0.25) is 0 Å². The molecular weight excluding hydrogens is 354 g/mol. The Labute approximate surface area is 165 Å². The fourth-order valence-electron chi connectivity index (χ4n) is 3.35. The van der Waals surface area contributed by atoms with Crippen LogP contribution in [-0.2, 0) is 0 Å². The zero-order valence-corrected chi connectivity index (χ0v) is 15.9. The molecular formula is C23H22ClN3. The molecule has 0 saturated carbocycles. The third kappa shape index (κ3) is 4.32. The van der Waals surface area contributed by atoms with Gasteiger partial charge >= 0.3 is 0 Å². The zero-order valence-electron chi connectivity index (χ0n) is 15.1. The maximum Gasteiger partial charge on any atom is 0.125 e. The molecule has 0 spiro atoms. The third-order valence-electron chi connectivity index (χ3n) is 4.77. The second-order valence-electron chi connectivity index (χ2n) is 6.64. The van der Waals surface area contributed by atoms with Crippen molar-refractivity contribution in [1.82, 2.24) is 9.88 Å². The van der Waals surface area contributed by atoms with Crippen LogP contribution in [0.3, 0.4) is 0 Å². The molecule has 0 bridgehead atoms. The summed E-state index contributed by atoms with van der Waals surface area (Å²) in [6.45, 7) is 2.84. The van der Waals surface area contributed by atoms with Gasteiger partial charge in [0.15, 0.2) is 0 Å². The summed E-state index contributed by atoms with van der Waals surface area (Å²) < 4.78 is 0. The number of halogens is 1. The molecule has 0 saturated heterocycles. The Morgan fingerprint density at radius 3 is 2.74 bits per heavy atom. The number of fused-ring (bicyclic) bond motifs is 1. The first-order chi connectivity index (χ1) is 13.3. The van der Waals surface area contributed by atoms with E-state index in [9.17, 15) is 0 Å². The number of allylic oxidation sites excluding steroid dienone is 2. The largest absolute Gasteiger partial charge is 0.374 e. The van der Waals surface area contributed by atoms with Crippen LogP contribution in [0, 0.1) is 0 Å². The van der Waals surface area contributed by atoms with E-state index in [0.717, 1.165) is 31.9 Å². The number of rotatable bonds is 6. The van der Waals surface area contributed by atoms with E-state index in [1.165, 1.54) is 21.9 Å². The Morgan fingerprint density at radius 2 is 1.93 bits per heavy atom. The number of pyridine rings is 1. The van der Waals surface area contributed by atoms with Gasteiger partial charge < -0.3 is 10.2 Å². The van der Waals surface area contributed by atoms with Crippen LogP contribution in [0.2, 0.25) is 5.02 Å². The highest BCUT2D eigenvalue weighted by Crippen LogP contribution is 2.27. The molecule has 2 heterocycles. The topological polar surface area (TPSA) is 28.2 Å². The van der Waals surface area contributed by atoms with Crippen molar-refractivity contribution in [2.24, 2.45) is 0 Å². The molecule has 0 atom stereocenters. The smallest absolute Gasteiger partial charge is 0.125 e. The fraction of sp³-hybridized carbons (Fsp3) is 0.174. The van der Waals surface area contributed by atoms with E-state index in [1.54, 1.807) is 6.20 Å². The van der Waals surface area contributed by atoms with E-state index < -0.39 is 0 Å². The average molecular weight is 376 g/mol. The van der Waals surface area contributed by atoms with E-state index in [0.29, 0.717) is 5.02 Å². The number of nitrogens with zero attached hydrogens (tertiary/aromatic N) is 2. The van der Waals surface area contributed by atoms with Gasteiger partial charge in [0.25, 0.3) is 0 Å². The van der Waals surface area contributed by atoms with E-state index in [1.807, 2.05) is 12.1 Å². The molecule has 2 aromatic carbocycles. The standard InChI is InChI=1S/C23H22ClN3/c24-20-9-10-23(26-17-20)25-13-4-14-27-15-11-19(12-16-27)22-8-3-6-18-5-1-2-7-21(18)22/h1-3,5-12,15,17H,4,13-14,16H2,(H,25,26). The minimum absolute atomic E-state index is 0.660. The van der Waals surface area contributed by atoms with Crippen molar-refractivity contribution in [3.8, 4) is 0 Å². The summed E-state index contributed by atoms with van der Waals surface area (Å²) >= 11 is 5.85. The molecule has 3 nitrogen and oxygen atoms in total. The molecule has 1 aliphatic heterocycles. The van der Waals surface area contributed by atoms with Gasteiger partial charge in [-0.1, -0.05) is 60.1 Å². The Balaban J connectivity index is 1.31. The second kappa shape index (κ2) is 8.28. The molecule has 0 amide bonds. The van der Waals surface area contributed by atoms with Crippen molar-refractivity contribution >= 4 is 33.8 Å². The first-order valence-corrected chi connectivity index (χ1v) is 9.63. The summed E-state index contributed by atoms with van der Waals surface area (Å²) in [5, 5.41) is 6.59. The Morgan fingerprint density at radius 1 is 1.04 bits per heavy atom. The van der Waals surface area contributed by atoms with Gasteiger partial charge in [0.1, 0.15) is 5.82 Å². The molecule has 1 N–H and O–H groups in total. The van der Waals surface area contributed by atoms with Crippen molar-refractivity contribution in [3.63, 3.8) is 0 Å². The second-order valence-corrected chi connectivity index (χ2v) is 7.08. The van der Waals surface area contributed by atoms with E-state index in [4.69, 9.17) is 11.6 Å². The van der Waals surface area contributed by atoms with Gasteiger partial charge in [-0.15, -0.1) is 0 Å². The SMILES string of the molecule is Clc1ccc(NCCCN2C=CC(c3cccc4ccccc34)=CC2)nc1. The molecule has 3 aromatic rings. The summed E-state index contributed by atoms with van der Waals surface area (Å²) in [6.07, 6.45) is 9.45. The molecule has 4 heteroatoms. The Bertz CT molecular complexity index is 971. The van der Waals surface area contributed by atoms with Crippen LogP contribution in [0.4, 0.5) is 5.82 Å². The quantitative estimate of drug-likeness (QED) is 0.568. The summed E-state index contributed by atoms with van der Waals surface area (Å²) in [6, 6.07) is 18.8. The lowest BCUT2D eigenvalue weighted by Gasteiger charge is -2.23. The van der Waals surface area contributed by atoms with Crippen LogP contribution in [0.15, 0.2) is 79.1 Å². The Hall–Kier alpha value is -2.78. The number of hydrogen-bond donors (Lipinski definition) is 1.